The lowest BCUT2D eigenvalue weighted by atomic mass is 10.2. The largest absolute Gasteiger partial charge is 0.373 e. The molecular formula is C14H24N4O. The van der Waals surface area contributed by atoms with E-state index in [0.717, 1.165) is 17.9 Å². The summed E-state index contributed by atoms with van der Waals surface area (Å²) in [7, 11) is 3.77. The lowest BCUT2D eigenvalue weighted by Gasteiger charge is -2.17. The van der Waals surface area contributed by atoms with Gasteiger partial charge in [0.15, 0.2) is 0 Å². The molecule has 1 rings (SSSR count). The Labute approximate surface area is 115 Å². The molecule has 0 aromatic carbocycles. The summed E-state index contributed by atoms with van der Waals surface area (Å²) in [6.45, 7) is 6.01. The Morgan fingerprint density at radius 3 is 2.68 bits per heavy atom. The average molecular weight is 264 g/mol. The molecule has 0 bridgehead atoms. The molecule has 0 atom stereocenters. The van der Waals surface area contributed by atoms with Crippen LogP contribution in [0.1, 0.15) is 19.4 Å². The highest BCUT2D eigenvalue weighted by Crippen LogP contribution is 2.06. The van der Waals surface area contributed by atoms with Gasteiger partial charge in [-0.3, -0.25) is 9.69 Å². The van der Waals surface area contributed by atoms with Gasteiger partial charge in [-0.05, 0) is 24.6 Å². The molecule has 0 saturated heterocycles. The van der Waals surface area contributed by atoms with Gasteiger partial charge in [0.2, 0.25) is 5.91 Å². The van der Waals surface area contributed by atoms with Crippen molar-refractivity contribution >= 4 is 11.7 Å². The van der Waals surface area contributed by atoms with E-state index in [1.807, 2.05) is 37.3 Å². The fourth-order valence-electron chi connectivity index (χ4n) is 1.65. The van der Waals surface area contributed by atoms with Gasteiger partial charge in [0.25, 0.3) is 0 Å². The number of hydrogen-bond donors (Lipinski definition) is 2. The Balaban J connectivity index is 2.37. The average Bonchev–Trinajstić information content (AvgIpc) is 2.37. The minimum atomic E-state index is 0.0657. The van der Waals surface area contributed by atoms with Crippen LogP contribution < -0.4 is 10.6 Å². The Bertz CT molecular complexity index is 389. The quantitative estimate of drug-likeness (QED) is 0.780. The molecule has 2 N–H and O–H groups in total. The fraction of sp³-hybridized carbons (Fsp3) is 0.571. The van der Waals surface area contributed by atoms with E-state index >= 15 is 0 Å². The normalized spacial score (nSPS) is 10.8. The summed E-state index contributed by atoms with van der Waals surface area (Å²) in [4.78, 5) is 17.9. The molecule has 1 amide bonds. The van der Waals surface area contributed by atoms with Crippen molar-refractivity contribution in [2.75, 3.05) is 32.5 Å². The molecular weight excluding hydrogens is 240 g/mol. The van der Waals surface area contributed by atoms with Crippen molar-refractivity contribution in [2.45, 2.75) is 20.4 Å². The third kappa shape index (κ3) is 6.20. The molecule has 0 fully saturated rings. The van der Waals surface area contributed by atoms with Crippen LogP contribution in [0.2, 0.25) is 0 Å². The van der Waals surface area contributed by atoms with E-state index in [2.05, 4.69) is 29.5 Å². The van der Waals surface area contributed by atoms with Gasteiger partial charge in [-0.15, -0.1) is 0 Å². The van der Waals surface area contributed by atoms with Gasteiger partial charge >= 0.3 is 0 Å². The highest BCUT2D eigenvalue weighted by atomic mass is 16.2. The molecule has 5 heteroatoms. The second kappa shape index (κ2) is 7.74. The summed E-state index contributed by atoms with van der Waals surface area (Å²) in [6.07, 6.45) is 1.83. The highest BCUT2D eigenvalue weighted by Gasteiger charge is 2.07. The summed E-state index contributed by atoms with van der Waals surface area (Å²) in [5.41, 5.74) is 1.10. The van der Waals surface area contributed by atoms with Gasteiger partial charge in [0, 0.05) is 26.3 Å². The third-order valence-corrected chi connectivity index (χ3v) is 2.65. The van der Waals surface area contributed by atoms with E-state index in [0.29, 0.717) is 19.0 Å². The Morgan fingerprint density at radius 1 is 1.42 bits per heavy atom. The van der Waals surface area contributed by atoms with E-state index in [1.54, 1.807) is 0 Å². The Morgan fingerprint density at radius 2 is 2.16 bits per heavy atom. The van der Waals surface area contributed by atoms with Gasteiger partial charge in [-0.1, -0.05) is 19.9 Å². The van der Waals surface area contributed by atoms with Crippen molar-refractivity contribution in [3.63, 3.8) is 0 Å². The fourth-order valence-corrected chi connectivity index (χ4v) is 1.65. The first-order chi connectivity index (χ1) is 9.01. The second-order valence-corrected chi connectivity index (χ2v) is 5.17. The van der Waals surface area contributed by atoms with E-state index in [4.69, 9.17) is 0 Å². The standard InChI is InChI=1S/C14H24N4O/c1-11(2)7-17-14(19)10-18(4)9-12-5-6-13(15-3)16-8-12/h5-6,8,11H,7,9-10H2,1-4H3,(H,15,16)(H,17,19). The summed E-state index contributed by atoms with van der Waals surface area (Å²) in [5.74, 6) is 1.39. The Hall–Kier alpha value is -1.62. The number of aromatic nitrogens is 1. The van der Waals surface area contributed by atoms with Gasteiger partial charge in [-0.2, -0.15) is 0 Å². The molecule has 0 unspecified atom stereocenters. The Kier molecular flexibility index (Phi) is 6.29. The molecule has 0 aliphatic heterocycles. The zero-order valence-electron chi connectivity index (χ0n) is 12.2. The minimum absolute atomic E-state index is 0.0657. The molecule has 1 heterocycles. The van der Waals surface area contributed by atoms with E-state index in [9.17, 15) is 4.79 Å². The number of carbonyl (C=O) groups excluding carboxylic acids is 1. The van der Waals surface area contributed by atoms with Gasteiger partial charge in [0.1, 0.15) is 5.82 Å². The van der Waals surface area contributed by atoms with Crippen molar-refractivity contribution in [1.82, 2.24) is 15.2 Å². The molecule has 0 aliphatic carbocycles. The number of carbonyl (C=O) groups is 1. The number of nitrogens with zero attached hydrogens (tertiary/aromatic N) is 2. The monoisotopic (exact) mass is 264 g/mol. The molecule has 0 radical (unpaired) electrons. The molecule has 19 heavy (non-hydrogen) atoms. The number of anilines is 1. The molecule has 0 aliphatic rings. The first kappa shape index (κ1) is 15.4. The lowest BCUT2D eigenvalue weighted by Crippen LogP contribution is -2.36. The van der Waals surface area contributed by atoms with Crippen LogP contribution in [0, 0.1) is 5.92 Å². The predicted octanol–water partition coefficient (Wildman–Crippen LogP) is 1.33. The topological polar surface area (TPSA) is 57.3 Å². The van der Waals surface area contributed by atoms with Crippen LogP contribution in [0.25, 0.3) is 0 Å². The summed E-state index contributed by atoms with van der Waals surface area (Å²) < 4.78 is 0. The minimum Gasteiger partial charge on any atom is -0.373 e. The van der Waals surface area contributed by atoms with Gasteiger partial charge in [-0.25, -0.2) is 4.98 Å². The molecule has 1 aromatic rings. The van der Waals surface area contributed by atoms with Gasteiger partial charge < -0.3 is 10.6 Å². The number of likely N-dealkylation sites (N-methyl/N-ethyl adjacent to an activating group) is 1. The van der Waals surface area contributed by atoms with Crippen LogP contribution in [-0.2, 0) is 11.3 Å². The summed E-state index contributed by atoms with van der Waals surface area (Å²) >= 11 is 0. The van der Waals surface area contributed by atoms with Crippen molar-refractivity contribution in [2.24, 2.45) is 5.92 Å². The number of amides is 1. The summed E-state index contributed by atoms with van der Waals surface area (Å²) in [6, 6.07) is 3.95. The number of hydrogen-bond acceptors (Lipinski definition) is 4. The zero-order chi connectivity index (χ0) is 14.3. The number of pyridine rings is 1. The first-order valence-corrected chi connectivity index (χ1v) is 6.59. The third-order valence-electron chi connectivity index (χ3n) is 2.65. The first-order valence-electron chi connectivity index (χ1n) is 6.59. The number of rotatable bonds is 7. The van der Waals surface area contributed by atoms with Crippen LogP contribution in [0.5, 0.6) is 0 Å². The van der Waals surface area contributed by atoms with Gasteiger partial charge in [0.05, 0.1) is 6.54 Å². The maximum atomic E-state index is 11.7. The van der Waals surface area contributed by atoms with Crippen molar-refractivity contribution in [3.8, 4) is 0 Å². The van der Waals surface area contributed by atoms with Crippen LogP contribution in [0.15, 0.2) is 18.3 Å². The van der Waals surface area contributed by atoms with Crippen LogP contribution in [0.3, 0.4) is 0 Å². The number of nitrogens with one attached hydrogen (secondary N) is 2. The highest BCUT2D eigenvalue weighted by molar-refractivity contribution is 5.77. The second-order valence-electron chi connectivity index (χ2n) is 5.17. The molecule has 0 saturated carbocycles. The molecule has 5 nitrogen and oxygen atoms in total. The lowest BCUT2D eigenvalue weighted by molar-refractivity contribution is -0.122. The smallest absolute Gasteiger partial charge is 0.234 e. The van der Waals surface area contributed by atoms with Crippen LogP contribution in [0.4, 0.5) is 5.82 Å². The van der Waals surface area contributed by atoms with Crippen molar-refractivity contribution in [1.29, 1.82) is 0 Å². The van der Waals surface area contributed by atoms with Crippen LogP contribution in [-0.4, -0.2) is 43.0 Å². The van der Waals surface area contributed by atoms with Crippen LogP contribution >= 0.6 is 0 Å². The van der Waals surface area contributed by atoms with Crippen molar-refractivity contribution < 1.29 is 4.79 Å². The molecule has 0 spiro atoms. The maximum absolute atomic E-state index is 11.7. The van der Waals surface area contributed by atoms with E-state index < -0.39 is 0 Å². The summed E-state index contributed by atoms with van der Waals surface area (Å²) in [5, 5.41) is 5.89. The SMILES string of the molecule is CNc1ccc(CN(C)CC(=O)NCC(C)C)cn1. The maximum Gasteiger partial charge on any atom is 0.234 e. The predicted molar refractivity (Wildman–Crippen MR) is 78.0 cm³/mol. The van der Waals surface area contributed by atoms with Crippen molar-refractivity contribution in [3.05, 3.63) is 23.9 Å². The zero-order valence-corrected chi connectivity index (χ0v) is 12.2. The molecule has 106 valence electrons. The van der Waals surface area contributed by atoms with E-state index in [1.165, 1.54) is 0 Å². The molecule has 1 aromatic heterocycles. The van der Waals surface area contributed by atoms with E-state index in [-0.39, 0.29) is 5.91 Å².